The number of carboxylic acids is 1. The smallest absolute Gasteiger partial charge is 0.318 e. The summed E-state index contributed by atoms with van der Waals surface area (Å²) in [5.74, 6) is -0.795. The summed E-state index contributed by atoms with van der Waals surface area (Å²) < 4.78 is 36.8. The van der Waals surface area contributed by atoms with E-state index in [9.17, 15) is 13.2 Å². The molecular formula is C11H13NO6S. The van der Waals surface area contributed by atoms with Gasteiger partial charge in [0.15, 0.2) is 11.5 Å². The largest absolute Gasteiger partial charge is 0.490 e. The topological polar surface area (TPSA) is 102 Å². The van der Waals surface area contributed by atoms with Gasteiger partial charge in [0.1, 0.15) is 11.4 Å². The summed E-state index contributed by atoms with van der Waals surface area (Å²) in [5, 5.41) is 8.52. The van der Waals surface area contributed by atoms with Crippen LogP contribution in [0, 0.1) is 0 Å². The summed E-state index contributed by atoms with van der Waals surface area (Å²) in [6, 6.07) is 4.47. The number of hydrogen-bond acceptors (Lipinski definition) is 5. The second-order valence-electron chi connectivity index (χ2n) is 3.85. The van der Waals surface area contributed by atoms with Gasteiger partial charge in [0.2, 0.25) is 10.0 Å². The van der Waals surface area contributed by atoms with Crippen molar-refractivity contribution in [1.29, 1.82) is 0 Å². The molecule has 2 rings (SSSR count). The van der Waals surface area contributed by atoms with Crippen molar-refractivity contribution >= 4 is 16.0 Å². The van der Waals surface area contributed by atoms with Gasteiger partial charge in [0, 0.05) is 6.42 Å². The minimum absolute atomic E-state index is 0.117. The van der Waals surface area contributed by atoms with Crippen molar-refractivity contribution in [2.45, 2.75) is 11.3 Å². The summed E-state index contributed by atoms with van der Waals surface area (Å²) >= 11 is 0. The van der Waals surface area contributed by atoms with Crippen molar-refractivity contribution in [1.82, 2.24) is 4.72 Å². The van der Waals surface area contributed by atoms with Crippen LogP contribution in [0.4, 0.5) is 0 Å². The molecule has 0 radical (unpaired) electrons. The highest BCUT2D eigenvalue weighted by Gasteiger charge is 2.24. The van der Waals surface area contributed by atoms with Crippen LogP contribution < -0.4 is 14.2 Å². The van der Waals surface area contributed by atoms with Crippen LogP contribution in [0.15, 0.2) is 23.1 Å². The molecule has 1 aliphatic heterocycles. The highest BCUT2D eigenvalue weighted by atomic mass is 32.2. The van der Waals surface area contributed by atoms with Crippen LogP contribution in [0.25, 0.3) is 0 Å². The molecule has 8 heteroatoms. The maximum atomic E-state index is 12.0. The standard InChI is InChI=1S/C11H13NO6S/c13-10(14)7-12-19(15,16)9-4-1-3-8-11(9)18-6-2-5-17-8/h1,3-4,12H,2,5-7H2,(H,13,14). The molecule has 0 fully saturated rings. The van der Waals surface area contributed by atoms with Crippen LogP contribution in [0.1, 0.15) is 6.42 Å². The molecule has 0 spiro atoms. The summed E-state index contributed by atoms with van der Waals surface area (Å²) in [4.78, 5) is 10.3. The maximum Gasteiger partial charge on any atom is 0.318 e. The van der Waals surface area contributed by atoms with Crippen molar-refractivity contribution in [3.63, 3.8) is 0 Å². The molecule has 1 aromatic carbocycles. The number of hydrogen-bond donors (Lipinski definition) is 2. The van der Waals surface area contributed by atoms with Gasteiger partial charge >= 0.3 is 5.97 Å². The lowest BCUT2D eigenvalue weighted by atomic mass is 10.3. The number of benzene rings is 1. The minimum atomic E-state index is -3.95. The van der Waals surface area contributed by atoms with E-state index in [1.54, 1.807) is 6.07 Å². The highest BCUT2D eigenvalue weighted by molar-refractivity contribution is 7.89. The number of nitrogens with one attached hydrogen (secondary N) is 1. The van der Waals surface area contributed by atoms with Gasteiger partial charge in [-0.2, -0.15) is 4.72 Å². The number of ether oxygens (including phenoxy) is 2. The van der Waals surface area contributed by atoms with E-state index in [2.05, 4.69) is 0 Å². The molecule has 0 unspecified atom stereocenters. The van der Waals surface area contributed by atoms with Gasteiger partial charge in [-0.1, -0.05) is 6.07 Å². The predicted molar refractivity (Wildman–Crippen MR) is 64.9 cm³/mol. The first-order valence-electron chi connectivity index (χ1n) is 5.61. The fourth-order valence-electron chi connectivity index (χ4n) is 1.61. The third-order valence-electron chi connectivity index (χ3n) is 2.44. The van der Waals surface area contributed by atoms with Crippen molar-refractivity contribution in [2.75, 3.05) is 19.8 Å². The van der Waals surface area contributed by atoms with E-state index >= 15 is 0 Å². The van der Waals surface area contributed by atoms with Crippen LogP contribution in [-0.4, -0.2) is 39.3 Å². The van der Waals surface area contributed by atoms with Crippen LogP contribution in [0.2, 0.25) is 0 Å². The predicted octanol–water partition coefficient (Wildman–Crippen LogP) is 0.211. The van der Waals surface area contributed by atoms with E-state index in [0.29, 0.717) is 25.4 Å². The monoisotopic (exact) mass is 287 g/mol. The number of sulfonamides is 1. The van der Waals surface area contributed by atoms with E-state index < -0.39 is 22.5 Å². The van der Waals surface area contributed by atoms with Crippen LogP contribution in [-0.2, 0) is 14.8 Å². The first kappa shape index (κ1) is 13.6. The van der Waals surface area contributed by atoms with Gasteiger partial charge in [0.25, 0.3) is 0 Å². The maximum absolute atomic E-state index is 12.0. The number of rotatable bonds is 4. The Labute approximate surface area is 110 Å². The molecule has 1 heterocycles. The van der Waals surface area contributed by atoms with Gasteiger partial charge < -0.3 is 14.6 Å². The zero-order valence-corrected chi connectivity index (χ0v) is 10.8. The van der Waals surface area contributed by atoms with Crippen molar-refractivity contribution in [3.8, 4) is 11.5 Å². The molecule has 0 aromatic heterocycles. The van der Waals surface area contributed by atoms with Crippen LogP contribution in [0.5, 0.6) is 11.5 Å². The van der Waals surface area contributed by atoms with E-state index in [1.165, 1.54) is 12.1 Å². The lowest BCUT2D eigenvalue weighted by Crippen LogP contribution is -2.29. The van der Waals surface area contributed by atoms with E-state index in [1.807, 2.05) is 4.72 Å². The molecule has 0 bridgehead atoms. The second-order valence-corrected chi connectivity index (χ2v) is 5.59. The molecule has 7 nitrogen and oxygen atoms in total. The summed E-state index contributed by atoms with van der Waals surface area (Å²) in [6.07, 6.45) is 0.650. The zero-order chi connectivity index (χ0) is 13.9. The van der Waals surface area contributed by atoms with Gasteiger partial charge in [-0.3, -0.25) is 4.79 Å². The highest BCUT2D eigenvalue weighted by Crippen LogP contribution is 2.35. The number of carboxylic acid groups (broad SMARTS) is 1. The molecule has 104 valence electrons. The minimum Gasteiger partial charge on any atom is -0.490 e. The Kier molecular flexibility index (Phi) is 3.91. The number of para-hydroxylation sites is 1. The van der Waals surface area contributed by atoms with Crippen molar-refractivity contribution in [3.05, 3.63) is 18.2 Å². The fourth-order valence-corrected chi connectivity index (χ4v) is 2.74. The van der Waals surface area contributed by atoms with Crippen LogP contribution in [0.3, 0.4) is 0 Å². The third-order valence-corrected chi connectivity index (χ3v) is 3.86. The van der Waals surface area contributed by atoms with Crippen LogP contribution >= 0.6 is 0 Å². The zero-order valence-electron chi connectivity index (χ0n) is 9.96. The first-order valence-corrected chi connectivity index (χ1v) is 7.09. The second kappa shape index (κ2) is 5.45. The molecule has 19 heavy (non-hydrogen) atoms. The van der Waals surface area contributed by atoms with E-state index in [-0.39, 0.29) is 10.6 Å². The lowest BCUT2D eigenvalue weighted by molar-refractivity contribution is -0.135. The summed E-state index contributed by atoms with van der Waals surface area (Å²) in [7, 11) is -3.95. The van der Waals surface area contributed by atoms with Crippen molar-refractivity contribution < 1.29 is 27.8 Å². The molecular weight excluding hydrogens is 274 g/mol. The lowest BCUT2D eigenvalue weighted by Gasteiger charge is -2.12. The fraction of sp³-hybridized carbons (Fsp3) is 0.364. The van der Waals surface area contributed by atoms with Gasteiger partial charge in [-0.25, -0.2) is 8.42 Å². The van der Waals surface area contributed by atoms with Gasteiger partial charge in [-0.05, 0) is 12.1 Å². The number of aliphatic carboxylic acids is 1. The average Bonchev–Trinajstić information content (AvgIpc) is 2.61. The molecule has 0 saturated carbocycles. The molecule has 0 atom stereocenters. The Hall–Kier alpha value is -1.80. The Morgan fingerprint density at radius 2 is 2.05 bits per heavy atom. The Morgan fingerprint density at radius 3 is 2.79 bits per heavy atom. The number of carbonyl (C=O) groups is 1. The molecule has 1 aliphatic rings. The van der Waals surface area contributed by atoms with Gasteiger partial charge in [0.05, 0.1) is 13.2 Å². The van der Waals surface area contributed by atoms with E-state index in [0.717, 1.165) is 0 Å². The summed E-state index contributed by atoms with van der Waals surface area (Å²) in [5.41, 5.74) is 0. The Morgan fingerprint density at radius 1 is 1.32 bits per heavy atom. The first-order chi connectivity index (χ1) is 9.00. The normalized spacial score (nSPS) is 14.7. The average molecular weight is 287 g/mol. The van der Waals surface area contributed by atoms with Crippen molar-refractivity contribution in [2.24, 2.45) is 0 Å². The van der Waals surface area contributed by atoms with E-state index in [4.69, 9.17) is 14.6 Å². The SMILES string of the molecule is O=C(O)CNS(=O)(=O)c1cccc2c1OCCCO2. The molecule has 0 aliphatic carbocycles. The molecule has 1 aromatic rings. The molecule has 0 saturated heterocycles. The van der Waals surface area contributed by atoms with Gasteiger partial charge in [-0.15, -0.1) is 0 Å². The summed E-state index contributed by atoms with van der Waals surface area (Å²) in [6.45, 7) is 0.102. The quantitative estimate of drug-likeness (QED) is 0.821. The molecule has 0 amide bonds. The number of fused-ring (bicyclic) bond motifs is 1. The third kappa shape index (κ3) is 3.15. The Balaban J connectivity index is 2.36. The Bertz CT molecular complexity index is 583. The molecule has 2 N–H and O–H groups in total.